The molecule has 0 radical (unpaired) electrons. The van der Waals surface area contributed by atoms with Gasteiger partial charge in [0.1, 0.15) is 5.82 Å². The van der Waals surface area contributed by atoms with Crippen LogP contribution in [0.1, 0.15) is 53.9 Å². The van der Waals surface area contributed by atoms with Crippen molar-refractivity contribution >= 4 is 5.97 Å². The van der Waals surface area contributed by atoms with Crippen molar-refractivity contribution in [2.24, 2.45) is 0 Å². The van der Waals surface area contributed by atoms with E-state index < -0.39 is 23.1 Å². The van der Waals surface area contributed by atoms with Gasteiger partial charge in [-0.3, -0.25) is 5.10 Å². The molecule has 2 heterocycles. The highest BCUT2D eigenvalue weighted by molar-refractivity contribution is 5.86. The van der Waals surface area contributed by atoms with Gasteiger partial charge in [-0.2, -0.15) is 18.3 Å². The second kappa shape index (κ2) is 7.06. The second-order valence-corrected chi connectivity index (χ2v) is 7.82. The van der Waals surface area contributed by atoms with Gasteiger partial charge in [-0.05, 0) is 18.6 Å². The van der Waals surface area contributed by atoms with Gasteiger partial charge < -0.3 is 9.67 Å². The summed E-state index contributed by atoms with van der Waals surface area (Å²) in [5, 5.41) is 15.7. The summed E-state index contributed by atoms with van der Waals surface area (Å²) in [7, 11) is 0. The lowest BCUT2D eigenvalue weighted by atomic mass is 9.94. The molecule has 0 saturated carbocycles. The number of hydrogen-bond acceptors (Lipinski definition) is 3. The number of aromatic amines is 1. The predicted octanol–water partition coefficient (Wildman–Crippen LogP) is 4.64. The predicted molar refractivity (Wildman–Crippen MR) is 101 cm³/mol. The van der Waals surface area contributed by atoms with Crippen LogP contribution in [0.15, 0.2) is 30.5 Å². The van der Waals surface area contributed by atoms with Gasteiger partial charge in [0, 0.05) is 29.4 Å². The van der Waals surface area contributed by atoms with Crippen molar-refractivity contribution in [3.8, 4) is 11.3 Å². The van der Waals surface area contributed by atoms with Gasteiger partial charge in [0.2, 0.25) is 0 Å². The smallest absolute Gasteiger partial charge is 0.417 e. The van der Waals surface area contributed by atoms with Crippen LogP contribution >= 0.6 is 0 Å². The van der Waals surface area contributed by atoms with Gasteiger partial charge in [0.25, 0.3) is 0 Å². The Morgan fingerprint density at radius 3 is 2.41 bits per heavy atom. The van der Waals surface area contributed by atoms with Gasteiger partial charge in [0.05, 0.1) is 11.3 Å². The zero-order chi connectivity index (χ0) is 21.6. The van der Waals surface area contributed by atoms with Crippen LogP contribution in [-0.4, -0.2) is 30.8 Å². The lowest BCUT2D eigenvalue weighted by Crippen LogP contribution is -2.21. The quantitative estimate of drug-likeness (QED) is 0.661. The third-order valence-corrected chi connectivity index (χ3v) is 4.65. The van der Waals surface area contributed by atoms with E-state index in [9.17, 15) is 23.1 Å². The summed E-state index contributed by atoms with van der Waals surface area (Å²) < 4.78 is 43.6. The maximum Gasteiger partial charge on any atom is 0.417 e. The summed E-state index contributed by atoms with van der Waals surface area (Å²) in [5.74, 6) is -0.804. The Morgan fingerprint density at radius 2 is 1.90 bits per heavy atom. The number of carboxylic acids is 1. The molecular formula is C20H21F3N4O2. The minimum atomic E-state index is -4.61. The zero-order valence-corrected chi connectivity index (χ0v) is 16.4. The van der Waals surface area contributed by atoms with E-state index in [1.807, 2.05) is 20.8 Å². The number of imidazole rings is 1. The van der Waals surface area contributed by atoms with Crippen LogP contribution in [0.4, 0.5) is 13.2 Å². The van der Waals surface area contributed by atoms with E-state index in [1.54, 1.807) is 17.6 Å². The van der Waals surface area contributed by atoms with Gasteiger partial charge >= 0.3 is 12.1 Å². The molecule has 0 aliphatic carbocycles. The summed E-state index contributed by atoms with van der Waals surface area (Å²) in [4.78, 5) is 15.7. The zero-order valence-electron chi connectivity index (χ0n) is 16.4. The highest BCUT2D eigenvalue weighted by atomic mass is 19.4. The minimum absolute atomic E-state index is 0.0129. The minimum Gasteiger partial charge on any atom is -0.476 e. The number of carboxylic acid groups (broad SMARTS) is 1. The largest absolute Gasteiger partial charge is 0.476 e. The molecule has 0 unspecified atom stereocenters. The average molecular weight is 406 g/mol. The van der Waals surface area contributed by atoms with Crippen LogP contribution in [0, 0.1) is 6.92 Å². The van der Waals surface area contributed by atoms with Crippen molar-refractivity contribution in [3.05, 3.63) is 58.8 Å². The molecule has 29 heavy (non-hydrogen) atoms. The number of aromatic nitrogens is 4. The summed E-state index contributed by atoms with van der Waals surface area (Å²) in [6.07, 6.45) is -3.22. The number of carbonyl (C=O) groups is 1. The number of halogens is 3. The molecule has 0 aliphatic heterocycles. The first kappa shape index (κ1) is 20.6. The number of rotatable bonds is 4. The maximum atomic E-state index is 14.0. The van der Waals surface area contributed by atoms with Gasteiger partial charge in [-0.1, -0.05) is 39.0 Å². The second-order valence-electron chi connectivity index (χ2n) is 7.82. The molecule has 2 aromatic heterocycles. The van der Waals surface area contributed by atoms with Crippen LogP contribution in [0.25, 0.3) is 11.3 Å². The van der Waals surface area contributed by atoms with Crippen LogP contribution < -0.4 is 0 Å². The molecule has 2 N–H and O–H groups in total. The first-order chi connectivity index (χ1) is 13.4. The van der Waals surface area contributed by atoms with Crippen molar-refractivity contribution in [1.29, 1.82) is 0 Å². The number of nitrogens with one attached hydrogen (secondary N) is 1. The molecule has 9 heteroatoms. The SMILES string of the molecule is Cc1c(C(=O)O)nc(C(C)(C)C)n1Cc1cccc(-c2ccn[nH]2)c1C(F)(F)F. The lowest BCUT2D eigenvalue weighted by Gasteiger charge is -2.23. The molecule has 3 rings (SSSR count). The summed E-state index contributed by atoms with van der Waals surface area (Å²) in [5.41, 5.74) is -0.931. The van der Waals surface area contributed by atoms with Crippen molar-refractivity contribution in [3.63, 3.8) is 0 Å². The summed E-state index contributed by atoms with van der Waals surface area (Å²) in [6, 6.07) is 5.80. The Bertz CT molecular complexity index is 1050. The lowest BCUT2D eigenvalue weighted by molar-refractivity contribution is -0.137. The third-order valence-electron chi connectivity index (χ3n) is 4.65. The van der Waals surface area contributed by atoms with Crippen molar-refractivity contribution < 1.29 is 23.1 Å². The van der Waals surface area contributed by atoms with E-state index in [-0.39, 0.29) is 29.1 Å². The number of benzene rings is 1. The molecule has 0 spiro atoms. The Hall–Kier alpha value is -3.10. The van der Waals surface area contributed by atoms with E-state index in [1.165, 1.54) is 24.4 Å². The number of nitrogens with zero attached hydrogens (tertiary/aromatic N) is 3. The Labute approximate surface area is 165 Å². The number of alkyl halides is 3. The highest BCUT2D eigenvalue weighted by Crippen LogP contribution is 2.39. The topological polar surface area (TPSA) is 83.8 Å². The molecule has 0 atom stereocenters. The monoisotopic (exact) mass is 406 g/mol. The van der Waals surface area contributed by atoms with Crippen LogP contribution in [-0.2, 0) is 18.1 Å². The molecule has 0 bridgehead atoms. The van der Waals surface area contributed by atoms with E-state index in [0.717, 1.165) is 0 Å². The molecule has 154 valence electrons. The van der Waals surface area contributed by atoms with Crippen molar-refractivity contribution in [2.45, 2.75) is 45.8 Å². The number of aromatic carboxylic acids is 1. The summed E-state index contributed by atoms with van der Waals surface area (Å²) >= 11 is 0. The van der Waals surface area contributed by atoms with E-state index in [4.69, 9.17) is 0 Å². The molecule has 0 saturated heterocycles. The standard InChI is InChI=1S/C20H21F3N4O2/c1-11-16(17(28)29)25-18(19(2,3)4)27(11)10-12-6-5-7-13(14-8-9-24-26-14)15(12)20(21,22)23/h5-9H,10H2,1-4H3,(H,24,26)(H,28,29). The fraction of sp³-hybridized carbons (Fsp3) is 0.350. The van der Waals surface area contributed by atoms with Gasteiger partial charge in [0.15, 0.2) is 5.69 Å². The van der Waals surface area contributed by atoms with Gasteiger partial charge in [-0.25, -0.2) is 9.78 Å². The normalized spacial score (nSPS) is 12.4. The fourth-order valence-corrected chi connectivity index (χ4v) is 3.37. The maximum absolute atomic E-state index is 14.0. The van der Waals surface area contributed by atoms with Crippen LogP contribution in [0.3, 0.4) is 0 Å². The Morgan fingerprint density at radius 1 is 1.21 bits per heavy atom. The van der Waals surface area contributed by atoms with Gasteiger partial charge in [-0.15, -0.1) is 0 Å². The molecule has 3 aromatic rings. The first-order valence-corrected chi connectivity index (χ1v) is 8.91. The number of hydrogen-bond donors (Lipinski definition) is 2. The van der Waals surface area contributed by atoms with E-state index in [0.29, 0.717) is 11.5 Å². The molecular weight excluding hydrogens is 385 g/mol. The van der Waals surface area contributed by atoms with Crippen LogP contribution in [0.2, 0.25) is 0 Å². The summed E-state index contributed by atoms with van der Waals surface area (Å²) in [6.45, 7) is 6.90. The molecule has 0 fully saturated rings. The molecule has 0 aliphatic rings. The van der Waals surface area contributed by atoms with Crippen molar-refractivity contribution in [1.82, 2.24) is 19.7 Å². The van der Waals surface area contributed by atoms with Crippen LogP contribution in [0.5, 0.6) is 0 Å². The number of H-pyrrole nitrogens is 1. The first-order valence-electron chi connectivity index (χ1n) is 8.91. The fourth-order valence-electron chi connectivity index (χ4n) is 3.37. The molecule has 6 nitrogen and oxygen atoms in total. The average Bonchev–Trinajstić information content (AvgIpc) is 3.22. The Kier molecular flexibility index (Phi) is 5.02. The molecule has 0 amide bonds. The van der Waals surface area contributed by atoms with Crippen molar-refractivity contribution in [2.75, 3.05) is 0 Å². The third kappa shape index (κ3) is 3.90. The van der Waals surface area contributed by atoms with E-state index >= 15 is 0 Å². The van der Waals surface area contributed by atoms with E-state index in [2.05, 4.69) is 15.2 Å². The Balaban J connectivity index is 2.22. The highest BCUT2D eigenvalue weighted by Gasteiger charge is 2.37. The molecule has 1 aromatic carbocycles.